The molecular weight excluding hydrogens is 256 g/mol. The number of rotatable bonds is 4. The molecule has 1 aromatic carbocycles. The number of benzene rings is 1. The van der Waals surface area contributed by atoms with Gasteiger partial charge in [0.15, 0.2) is 0 Å². The minimum absolute atomic E-state index is 0.368. The molecule has 1 heterocycles. The zero-order chi connectivity index (χ0) is 14.7. The summed E-state index contributed by atoms with van der Waals surface area (Å²) in [5, 5.41) is 0. The van der Waals surface area contributed by atoms with Gasteiger partial charge in [0.1, 0.15) is 0 Å². The molecule has 0 radical (unpaired) electrons. The van der Waals surface area contributed by atoms with Crippen LogP contribution in [0.1, 0.15) is 55.7 Å². The zero-order valence-electron chi connectivity index (χ0n) is 13.5. The second-order valence-corrected chi connectivity index (χ2v) is 7.15. The Balaban J connectivity index is 1.65. The number of likely N-dealkylation sites (tertiary alicyclic amines) is 1. The van der Waals surface area contributed by atoms with Crippen molar-refractivity contribution in [2.75, 3.05) is 13.1 Å². The van der Waals surface area contributed by atoms with Crippen LogP contribution < -0.4 is 5.73 Å². The molecule has 1 aliphatic carbocycles. The molecule has 2 N–H and O–H groups in total. The molecule has 21 heavy (non-hydrogen) atoms. The second kappa shape index (κ2) is 6.93. The van der Waals surface area contributed by atoms with E-state index in [1.807, 2.05) is 0 Å². The molecule has 2 atom stereocenters. The van der Waals surface area contributed by atoms with E-state index in [1.165, 1.54) is 57.1 Å². The average molecular weight is 286 g/mol. The fourth-order valence-corrected chi connectivity index (χ4v) is 4.24. The lowest BCUT2D eigenvalue weighted by Gasteiger charge is -2.36. The first kappa shape index (κ1) is 15.1. The normalized spacial score (nSPS) is 26.6. The van der Waals surface area contributed by atoms with Crippen LogP contribution >= 0.6 is 0 Å². The number of nitrogens with two attached hydrogens (primary N) is 1. The van der Waals surface area contributed by atoms with E-state index < -0.39 is 0 Å². The van der Waals surface area contributed by atoms with Gasteiger partial charge in [-0.25, -0.2) is 0 Å². The summed E-state index contributed by atoms with van der Waals surface area (Å²) < 4.78 is 0. The topological polar surface area (TPSA) is 29.3 Å². The van der Waals surface area contributed by atoms with E-state index >= 15 is 0 Å². The molecule has 1 saturated heterocycles. The Hall–Kier alpha value is -0.860. The fourth-order valence-electron chi connectivity index (χ4n) is 4.24. The summed E-state index contributed by atoms with van der Waals surface area (Å²) in [7, 11) is 0. The van der Waals surface area contributed by atoms with E-state index in [2.05, 4.69) is 30.0 Å². The van der Waals surface area contributed by atoms with Gasteiger partial charge < -0.3 is 5.73 Å². The van der Waals surface area contributed by atoms with Gasteiger partial charge in [-0.2, -0.15) is 0 Å². The monoisotopic (exact) mass is 286 g/mol. The molecule has 116 valence electrons. The molecule has 1 fully saturated rings. The summed E-state index contributed by atoms with van der Waals surface area (Å²) in [5.74, 6) is 0.802. The van der Waals surface area contributed by atoms with Crippen molar-refractivity contribution in [2.24, 2.45) is 11.7 Å². The smallest absolute Gasteiger partial charge is 0.0234 e. The van der Waals surface area contributed by atoms with Gasteiger partial charge in [0.05, 0.1) is 0 Å². The third-order valence-corrected chi connectivity index (χ3v) is 5.16. The van der Waals surface area contributed by atoms with Crippen molar-refractivity contribution in [3.63, 3.8) is 0 Å². The van der Waals surface area contributed by atoms with Crippen molar-refractivity contribution >= 4 is 0 Å². The quantitative estimate of drug-likeness (QED) is 0.917. The van der Waals surface area contributed by atoms with Crippen LogP contribution in [0, 0.1) is 5.92 Å². The summed E-state index contributed by atoms with van der Waals surface area (Å²) in [5.41, 5.74) is 10.9. The van der Waals surface area contributed by atoms with Gasteiger partial charge in [-0.1, -0.05) is 31.5 Å². The van der Waals surface area contributed by atoms with Gasteiger partial charge in [-0.05, 0) is 61.1 Å². The third kappa shape index (κ3) is 3.87. The first-order chi connectivity index (χ1) is 10.2. The predicted octanol–water partition coefficient (Wildman–Crippen LogP) is 3.51. The number of fused-ring (bicyclic) bond motifs is 1. The SMILES string of the molecule is CCCC1CC(N)CN(Cc2ccc3c(c2)CCCC3)C1. The molecule has 1 aliphatic heterocycles. The van der Waals surface area contributed by atoms with Crippen molar-refractivity contribution in [2.45, 2.75) is 64.5 Å². The van der Waals surface area contributed by atoms with Crippen LogP contribution in [-0.2, 0) is 19.4 Å². The van der Waals surface area contributed by atoms with E-state index in [-0.39, 0.29) is 0 Å². The average Bonchev–Trinajstić information content (AvgIpc) is 2.47. The van der Waals surface area contributed by atoms with Crippen molar-refractivity contribution in [1.82, 2.24) is 4.90 Å². The predicted molar refractivity (Wildman–Crippen MR) is 89.4 cm³/mol. The summed E-state index contributed by atoms with van der Waals surface area (Å²) >= 11 is 0. The Labute approximate surface area is 129 Å². The van der Waals surface area contributed by atoms with Gasteiger partial charge in [0.2, 0.25) is 0 Å². The standard InChI is InChI=1S/C19H30N2/c1-2-5-15-11-19(20)14-21(12-15)13-16-8-9-17-6-3-4-7-18(17)10-16/h8-10,15,19H,2-7,11-14,20H2,1H3. The number of hydrogen-bond donors (Lipinski definition) is 1. The zero-order valence-corrected chi connectivity index (χ0v) is 13.5. The van der Waals surface area contributed by atoms with Crippen molar-refractivity contribution in [3.8, 4) is 0 Å². The molecule has 0 bridgehead atoms. The maximum atomic E-state index is 6.27. The van der Waals surface area contributed by atoms with Crippen LogP contribution in [-0.4, -0.2) is 24.0 Å². The minimum Gasteiger partial charge on any atom is -0.327 e. The lowest BCUT2D eigenvalue weighted by Crippen LogP contribution is -2.46. The fraction of sp³-hybridized carbons (Fsp3) is 0.684. The van der Waals surface area contributed by atoms with E-state index in [9.17, 15) is 0 Å². The molecule has 0 saturated carbocycles. The molecule has 0 aromatic heterocycles. The summed E-state index contributed by atoms with van der Waals surface area (Å²) in [6, 6.07) is 7.55. The first-order valence-corrected chi connectivity index (χ1v) is 8.83. The van der Waals surface area contributed by atoms with Crippen LogP contribution in [0.25, 0.3) is 0 Å². The van der Waals surface area contributed by atoms with Crippen LogP contribution in [0.4, 0.5) is 0 Å². The summed E-state index contributed by atoms with van der Waals surface area (Å²) in [6.07, 6.45) is 9.12. The highest BCUT2D eigenvalue weighted by molar-refractivity contribution is 5.33. The Morgan fingerprint density at radius 3 is 2.76 bits per heavy atom. The van der Waals surface area contributed by atoms with E-state index in [0.717, 1.165) is 19.0 Å². The van der Waals surface area contributed by atoms with Crippen LogP contribution in [0.15, 0.2) is 18.2 Å². The third-order valence-electron chi connectivity index (χ3n) is 5.16. The maximum Gasteiger partial charge on any atom is 0.0234 e. The molecule has 2 aliphatic rings. The van der Waals surface area contributed by atoms with E-state index in [1.54, 1.807) is 11.1 Å². The number of piperidine rings is 1. The van der Waals surface area contributed by atoms with Gasteiger partial charge >= 0.3 is 0 Å². The highest BCUT2D eigenvalue weighted by Gasteiger charge is 2.24. The van der Waals surface area contributed by atoms with Crippen LogP contribution in [0.2, 0.25) is 0 Å². The molecule has 2 nitrogen and oxygen atoms in total. The summed E-state index contributed by atoms with van der Waals surface area (Å²) in [6.45, 7) is 5.67. The molecule has 0 spiro atoms. The van der Waals surface area contributed by atoms with Crippen LogP contribution in [0.3, 0.4) is 0 Å². The van der Waals surface area contributed by atoms with Gasteiger partial charge in [0.25, 0.3) is 0 Å². The van der Waals surface area contributed by atoms with Crippen LogP contribution in [0.5, 0.6) is 0 Å². The van der Waals surface area contributed by atoms with E-state index in [4.69, 9.17) is 5.73 Å². The van der Waals surface area contributed by atoms with Gasteiger partial charge in [-0.15, -0.1) is 0 Å². The molecule has 1 aromatic rings. The minimum atomic E-state index is 0.368. The Morgan fingerprint density at radius 2 is 1.95 bits per heavy atom. The van der Waals surface area contributed by atoms with Crippen molar-refractivity contribution < 1.29 is 0 Å². The Kier molecular flexibility index (Phi) is 4.97. The highest BCUT2D eigenvalue weighted by Crippen LogP contribution is 2.25. The maximum absolute atomic E-state index is 6.27. The number of nitrogens with zero attached hydrogens (tertiary/aromatic N) is 1. The molecule has 3 rings (SSSR count). The first-order valence-electron chi connectivity index (χ1n) is 8.83. The summed E-state index contributed by atoms with van der Waals surface area (Å²) in [4.78, 5) is 2.58. The Morgan fingerprint density at radius 1 is 1.14 bits per heavy atom. The number of aryl methyl sites for hydroxylation is 2. The largest absolute Gasteiger partial charge is 0.327 e. The van der Waals surface area contributed by atoms with Crippen molar-refractivity contribution in [1.29, 1.82) is 0 Å². The lowest BCUT2D eigenvalue weighted by atomic mass is 9.89. The van der Waals surface area contributed by atoms with Gasteiger partial charge in [0, 0.05) is 25.7 Å². The second-order valence-electron chi connectivity index (χ2n) is 7.15. The van der Waals surface area contributed by atoms with Gasteiger partial charge in [-0.3, -0.25) is 4.90 Å². The van der Waals surface area contributed by atoms with E-state index in [0.29, 0.717) is 6.04 Å². The molecule has 2 unspecified atom stereocenters. The molecule has 2 heteroatoms. The Bertz CT molecular complexity index is 469. The number of hydrogen-bond acceptors (Lipinski definition) is 2. The molecule has 0 amide bonds. The highest BCUT2D eigenvalue weighted by atomic mass is 15.1. The lowest BCUT2D eigenvalue weighted by molar-refractivity contribution is 0.144. The molecular formula is C19H30N2. The van der Waals surface area contributed by atoms with Crippen molar-refractivity contribution in [3.05, 3.63) is 34.9 Å².